The van der Waals surface area contributed by atoms with Gasteiger partial charge in [0.25, 0.3) is 0 Å². The van der Waals surface area contributed by atoms with Crippen molar-refractivity contribution >= 4 is 19.4 Å². The molecule has 0 spiro atoms. The van der Waals surface area contributed by atoms with Crippen molar-refractivity contribution in [1.82, 2.24) is 9.55 Å². The number of rotatable bonds is 6. The zero-order valence-electron chi connectivity index (χ0n) is 16.2. The van der Waals surface area contributed by atoms with Gasteiger partial charge in [-0.15, -0.1) is 0 Å². The molecule has 1 unspecified atom stereocenters. The fraction of sp³-hybridized carbons (Fsp3) is 0.667. The molecule has 11 heteroatoms. The normalized spacial score (nSPS) is 34.8. The van der Waals surface area contributed by atoms with Crippen LogP contribution in [-0.2, 0) is 26.0 Å². The van der Waals surface area contributed by atoms with E-state index in [1.165, 1.54) is 16.8 Å². The monoisotopic (exact) mass is 442 g/mol. The van der Waals surface area contributed by atoms with Gasteiger partial charge in [0.2, 0.25) is 0 Å². The summed E-state index contributed by atoms with van der Waals surface area (Å²) in [5, 5.41) is 29.6. The molecule has 3 aliphatic carbocycles. The van der Waals surface area contributed by atoms with E-state index in [2.05, 4.69) is 18.8 Å². The maximum absolute atomic E-state index is 11.9. The van der Waals surface area contributed by atoms with Gasteiger partial charge >= 0.3 is 7.15 Å². The van der Waals surface area contributed by atoms with E-state index in [-0.39, 0.29) is 29.8 Å². The summed E-state index contributed by atoms with van der Waals surface area (Å²) in [6.07, 6.45) is 3.07. The molecule has 0 aromatic carbocycles. The average Bonchev–Trinajstić information content (AvgIpc) is 3.00. The summed E-state index contributed by atoms with van der Waals surface area (Å²) in [6.45, 7) is 4.22. The molecular weight excluding hydrogens is 417 g/mol. The van der Waals surface area contributed by atoms with Gasteiger partial charge in [0.05, 0.1) is 12.1 Å². The van der Waals surface area contributed by atoms with Crippen molar-refractivity contribution in [3.63, 3.8) is 0 Å². The van der Waals surface area contributed by atoms with Crippen molar-refractivity contribution in [3.8, 4) is 6.01 Å². The average molecular weight is 442 g/mol. The molecule has 1 saturated carbocycles. The number of nitrogens with one attached hydrogen (secondary N) is 1. The highest BCUT2D eigenvalue weighted by molar-refractivity contribution is 8.35. The van der Waals surface area contributed by atoms with E-state index in [1.807, 2.05) is 6.08 Å². The summed E-state index contributed by atoms with van der Waals surface area (Å²) in [6, 6.07) is 0.740. The Bertz CT molecular complexity index is 875. The van der Waals surface area contributed by atoms with Crippen LogP contribution in [0, 0.1) is 22.7 Å². The Hall–Kier alpha value is -1.16. The van der Waals surface area contributed by atoms with Gasteiger partial charge in [-0.25, -0.2) is 9.88 Å². The fourth-order valence-corrected chi connectivity index (χ4v) is 5.69. The first-order valence-electron chi connectivity index (χ1n) is 9.58. The molecular formula is C18H25N3O6PS-. The third kappa shape index (κ3) is 4.06. The lowest BCUT2D eigenvalue weighted by molar-refractivity contribution is -0.290. The molecule has 160 valence electrons. The van der Waals surface area contributed by atoms with Gasteiger partial charge in [0.1, 0.15) is 24.4 Å². The van der Waals surface area contributed by atoms with Crippen LogP contribution in [0.25, 0.3) is 0 Å². The van der Waals surface area contributed by atoms with E-state index in [0.717, 1.165) is 12.8 Å². The standard InChI is InChI=1S/C18H26N3O6PS/c1-18(2)10-3-4-13(11(18)7-10)27-28(24,29)25-9-14-12(22)8-16(26-14)21-6-5-15(19)20-17(21)23/h4-6,10-12,14,16,22H,3,7-9H2,1-2H3,(H,24,29)(H2,19,20,23)/p-1/t10-,11-,12+,14-,16-,28?/m1/s1. The molecule has 1 saturated heterocycles. The topological polar surface area (TPSA) is 133 Å². The molecule has 1 aromatic heterocycles. The van der Waals surface area contributed by atoms with Gasteiger partial charge in [0.15, 0.2) is 5.76 Å². The molecule has 2 heterocycles. The van der Waals surface area contributed by atoms with Crippen LogP contribution in [0.2, 0.25) is 0 Å². The van der Waals surface area contributed by atoms with Crippen molar-refractivity contribution in [2.24, 2.45) is 17.3 Å². The zero-order chi connectivity index (χ0) is 21.0. The SMILES string of the molecule is CC1(C)[C@@H]2CC=C(O[P+](O)([S-])OC[C@H]3O[C@@H](n4ccc(=N)nc4[O-])C[C@@H]3O)[C@H]1C2. The first-order valence-corrected chi connectivity index (χ1v) is 12.2. The number of aromatic nitrogens is 2. The van der Waals surface area contributed by atoms with Gasteiger partial charge in [-0.3, -0.25) is 5.41 Å². The van der Waals surface area contributed by atoms with Crippen molar-refractivity contribution in [1.29, 1.82) is 5.41 Å². The fourth-order valence-electron chi connectivity index (χ4n) is 4.40. The molecule has 3 N–H and O–H groups in total. The van der Waals surface area contributed by atoms with E-state index in [4.69, 9.17) is 31.4 Å². The molecule has 5 rings (SSSR count). The highest BCUT2D eigenvalue weighted by Gasteiger charge is 2.54. The molecule has 0 amide bonds. The number of hydrogen-bond donors (Lipinski definition) is 3. The molecule has 0 radical (unpaired) electrons. The number of hydrogen-bond acceptors (Lipinski definition) is 9. The Morgan fingerprint density at radius 1 is 1.48 bits per heavy atom. The Kier molecular flexibility index (Phi) is 5.46. The van der Waals surface area contributed by atoms with E-state index in [9.17, 15) is 15.1 Å². The van der Waals surface area contributed by atoms with Crippen LogP contribution in [0.1, 0.15) is 39.3 Å². The first kappa shape index (κ1) is 21.1. The van der Waals surface area contributed by atoms with E-state index < -0.39 is 31.6 Å². The predicted molar refractivity (Wildman–Crippen MR) is 104 cm³/mol. The molecule has 1 aliphatic heterocycles. The molecule has 4 aliphatic rings. The Morgan fingerprint density at radius 3 is 2.90 bits per heavy atom. The molecule has 2 bridgehead atoms. The second-order valence-electron chi connectivity index (χ2n) is 8.44. The summed E-state index contributed by atoms with van der Waals surface area (Å²) < 4.78 is 18.1. The minimum atomic E-state index is -3.55. The summed E-state index contributed by atoms with van der Waals surface area (Å²) in [5.74, 6) is 1.57. The zero-order valence-corrected chi connectivity index (χ0v) is 17.9. The third-order valence-electron chi connectivity index (χ3n) is 6.38. The molecule has 2 fully saturated rings. The maximum Gasteiger partial charge on any atom is 0.331 e. The lowest BCUT2D eigenvalue weighted by atomic mass is 9.50. The number of fused-ring (bicyclic) bond motifs is 1. The van der Waals surface area contributed by atoms with E-state index in [1.54, 1.807) is 0 Å². The van der Waals surface area contributed by atoms with Gasteiger partial charge in [-0.1, -0.05) is 13.8 Å². The van der Waals surface area contributed by atoms with E-state index in [0.29, 0.717) is 11.7 Å². The number of ether oxygens (including phenoxy) is 1. The van der Waals surface area contributed by atoms with Crippen molar-refractivity contribution < 1.29 is 28.9 Å². The number of aliphatic hydroxyl groups excluding tert-OH is 1. The van der Waals surface area contributed by atoms with Crippen LogP contribution in [0.5, 0.6) is 6.01 Å². The Morgan fingerprint density at radius 2 is 2.24 bits per heavy atom. The quantitative estimate of drug-likeness (QED) is 0.443. The highest BCUT2D eigenvalue weighted by Crippen LogP contribution is 2.65. The summed E-state index contributed by atoms with van der Waals surface area (Å²) >= 11 is 5.16. The minimum Gasteiger partial charge on any atom is -0.846 e. The van der Waals surface area contributed by atoms with E-state index >= 15 is 0 Å². The lowest BCUT2D eigenvalue weighted by Crippen LogP contribution is -2.48. The van der Waals surface area contributed by atoms with Crippen LogP contribution < -0.4 is 10.6 Å². The smallest absolute Gasteiger partial charge is 0.331 e. The summed E-state index contributed by atoms with van der Waals surface area (Å²) in [5.41, 5.74) is -0.00594. The minimum absolute atomic E-state index is 0.132. The van der Waals surface area contributed by atoms with Gasteiger partial charge in [0, 0.05) is 18.5 Å². The molecule has 6 atom stereocenters. The third-order valence-corrected chi connectivity index (χ3v) is 7.84. The second-order valence-corrected chi connectivity index (χ2v) is 11.2. The van der Waals surface area contributed by atoms with Crippen molar-refractivity contribution in [3.05, 3.63) is 29.6 Å². The molecule has 9 nitrogen and oxygen atoms in total. The molecule has 1 aromatic rings. The molecule has 29 heavy (non-hydrogen) atoms. The predicted octanol–water partition coefficient (Wildman–Crippen LogP) is 1.28. The van der Waals surface area contributed by atoms with Crippen LogP contribution in [0.4, 0.5) is 0 Å². The van der Waals surface area contributed by atoms with Gasteiger partial charge < -0.3 is 36.3 Å². The van der Waals surface area contributed by atoms with Crippen molar-refractivity contribution in [2.45, 2.75) is 51.5 Å². The highest BCUT2D eigenvalue weighted by atomic mass is 32.7. The maximum atomic E-state index is 11.9. The van der Waals surface area contributed by atoms with Gasteiger partial charge in [-0.05, 0) is 36.3 Å². The van der Waals surface area contributed by atoms with Gasteiger partial charge in [-0.2, -0.15) is 4.52 Å². The van der Waals surface area contributed by atoms with Crippen LogP contribution in [0.15, 0.2) is 24.1 Å². The summed E-state index contributed by atoms with van der Waals surface area (Å²) in [7, 11) is -3.55. The van der Waals surface area contributed by atoms with Crippen LogP contribution in [0.3, 0.4) is 0 Å². The number of allylic oxidation sites excluding steroid dienone is 2. The summed E-state index contributed by atoms with van der Waals surface area (Å²) in [4.78, 5) is 14.0. The number of nitrogens with zero attached hydrogens (tertiary/aromatic N) is 2. The number of aliphatic hydroxyl groups is 1. The second kappa shape index (κ2) is 7.51. The Balaban J connectivity index is 1.35. The lowest BCUT2D eigenvalue weighted by Gasteiger charge is -2.55. The Labute approximate surface area is 174 Å². The first-order chi connectivity index (χ1) is 13.6. The van der Waals surface area contributed by atoms with Crippen LogP contribution in [-0.4, -0.2) is 38.4 Å². The van der Waals surface area contributed by atoms with Crippen molar-refractivity contribution in [2.75, 3.05) is 6.61 Å². The van der Waals surface area contributed by atoms with Crippen LogP contribution >= 0.6 is 7.15 Å². The largest absolute Gasteiger partial charge is 0.846 e.